The highest BCUT2D eigenvalue weighted by Crippen LogP contribution is 2.21. The lowest BCUT2D eigenvalue weighted by atomic mass is 10.0. The smallest absolute Gasteiger partial charge is 0.0790 e. The fourth-order valence-corrected chi connectivity index (χ4v) is 2.71. The van der Waals surface area contributed by atoms with Gasteiger partial charge in [0.25, 0.3) is 0 Å². The van der Waals surface area contributed by atoms with Crippen LogP contribution < -0.4 is 5.73 Å². The number of benzene rings is 1. The minimum absolute atomic E-state index is 0.334. The molecule has 2 nitrogen and oxygen atoms in total. The second-order valence-corrected chi connectivity index (χ2v) is 6.15. The zero-order valence-electron chi connectivity index (χ0n) is 13.7. The van der Waals surface area contributed by atoms with Crippen molar-refractivity contribution < 1.29 is 5.11 Å². The first-order chi connectivity index (χ1) is 10.2. The highest BCUT2D eigenvalue weighted by Gasteiger charge is 2.06. The van der Waals surface area contributed by atoms with Gasteiger partial charge in [-0.3, -0.25) is 0 Å². The van der Waals surface area contributed by atoms with Crippen LogP contribution in [0, 0.1) is 0 Å². The molecule has 1 atom stereocenters. The summed E-state index contributed by atoms with van der Waals surface area (Å²) in [6, 6.07) is 7.57. The summed E-state index contributed by atoms with van der Waals surface area (Å²) in [6.45, 7) is 2.26. The predicted molar refractivity (Wildman–Crippen MR) is 92.3 cm³/mol. The lowest BCUT2D eigenvalue weighted by molar-refractivity contribution is 0.163. The van der Waals surface area contributed by atoms with Gasteiger partial charge in [0.2, 0.25) is 0 Å². The molecule has 0 bridgehead atoms. The van der Waals surface area contributed by atoms with Gasteiger partial charge in [-0.25, -0.2) is 0 Å². The molecule has 0 aliphatic heterocycles. The average Bonchev–Trinajstić information content (AvgIpc) is 2.49. The molecule has 21 heavy (non-hydrogen) atoms. The summed E-state index contributed by atoms with van der Waals surface area (Å²) in [7, 11) is 0. The Hall–Kier alpha value is -1.02. The number of nitrogen functional groups attached to an aromatic ring is 1. The quantitative estimate of drug-likeness (QED) is 0.388. The second kappa shape index (κ2) is 11.6. The van der Waals surface area contributed by atoms with Gasteiger partial charge in [-0.2, -0.15) is 0 Å². The molecular weight excluding hydrogens is 258 g/mol. The van der Waals surface area contributed by atoms with Crippen molar-refractivity contribution >= 4 is 5.69 Å². The average molecular weight is 291 g/mol. The van der Waals surface area contributed by atoms with Gasteiger partial charge in [-0.05, 0) is 24.1 Å². The van der Waals surface area contributed by atoms with Crippen molar-refractivity contribution in [3.05, 3.63) is 29.8 Å². The standard InChI is InChI=1S/C19H33NO/c1-2-3-4-5-6-7-8-9-10-11-12-19(21)17-13-15-18(20)16-14-17/h13-16,19,21H,2-12,20H2,1H3. The molecule has 0 aromatic heterocycles. The van der Waals surface area contributed by atoms with E-state index in [1.54, 1.807) is 0 Å². The van der Waals surface area contributed by atoms with E-state index in [2.05, 4.69) is 6.92 Å². The van der Waals surface area contributed by atoms with Gasteiger partial charge in [-0.15, -0.1) is 0 Å². The Labute approximate surface area is 130 Å². The highest BCUT2D eigenvalue weighted by molar-refractivity contribution is 5.39. The molecule has 0 fully saturated rings. The fourth-order valence-electron chi connectivity index (χ4n) is 2.71. The third kappa shape index (κ3) is 8.77. The summed E-state index contributed by atoms with van der Waals surface area (Å²) in [5.74, 6) is 0. The molecule has 1 unspecified atom stereocenters. The maximum Gasteiger partial charge on any atom is 0.0790 e. The molecular formula is C19H33NO. The molecule has 0 saturated carbocycles. The molecule has 0 radical (unpaired) electrons. The monoisotopic (exact) mass is 291 g/mol. The third-order valence-corrected chi connectivity index (χ3v) is 4.15. The molecule has 0 saturated heterocycles. The van der Waals surface area contributed by atoms with E-state index in [4.69, 9.17) is 5.73 Å². The molecule has 0 aliphatic rings. The zero-order valence-corrected chi connectivity index (χ0v) is 13.7. The summed E-state index contributed by atoms with van der Waals surface area (Å²) >= 11 is 0. The van der Waals surface area contributed by atoms with Crippen LogP contribution in [-0.4, -0.2) is 5.11 Å². The minimum Gasteiger partial charge on any atom is -0.399 e. The Morgan fingerprint density at radius 3 is 1.81 bits per heavy atom. The van der Waals surface area contributed by atoms with Crippen LogP contribution in [0.1, 0.15) is 89.2 Å². The molecule has 3 N–H and O–H groups in total. The molecule has 1 aromatic carbocycles. The third-order valence-electron chi connectivity index (χ3n) is 4.15. The van der Waals surface area contributed by atoms with E-state index in [9.17, 15) is 5.11 Å². The first-order valence-corrected chi connectivity index (χ1v) is 8.77. The Balaban J connectivity index is 1.95. The number of unbranched alkanes of at least 4 members (excludes halogenated alkanes) is 9. The van der Waals surface area contributed by atoms with E-state index in [1.165, 1.54) is 57.8 Å². The van der Waals surface area contributed by atoms with E-state index in [0.717, 1.165) is 24.1 Å². The van der Waals surface area contributed by atoms with Gasteiger partial charge in [0, 0.05) is 5.69 Å². The molecule has 1 aromatic rings. The van der Waals surface area contributed by atoms with Crippen molar-refractivity contribution in [2.45, 2.75) is 83.7 Å². The van der Waals surface area contributed by atoms with Gasteiger partial charge >= 0.3 is 0 Å². The van der Waals surface area contributed by atoms with Crippen LogP contribution >= 0.6 is 0 Å². The van der Waals surface area contributed by atoms with Crippen LogP contribution in [0.3, 0.4) is 0 Å². The Kier molecular flexibility index (Phi) is 9.98. The lowest BCUT2D eigenvalue weighted by Gasteiger charge is -2.11. The summed E-state index contributed by atoms with van der Waals surface area (Å²) in [5.41, 5.74) is 7.39. The topological polar surface area (TPSA) is 46.2 Å². The van der Waals surface area contributed by atoms with Crippen molar-refractivity contribution in [1.29, 1.82) is 0 Å². The molecule has 120 valence electrons. The molecule has 0 spiro atoms. The number of hydrogen-bond donors (Lipinski definition) is 2. The van der Waals surface area contributed by atoms with Crippen LogP contribution in [0.4, 0.5) is 5.69 Å². The van der Waals surface area contributed by atoms with Gasteiger partial charge in [-0.1, -0.05) is 83.3 Å². The van der Waals surface area contributed by atoms with E-state index < -0.39 is 0 Å². The van der Waals surface area contributed by atoms with Gasteiger partial charge in [0.05, 0.1) is 6.10 Å². The number of aliphatic hydroxyl groups is 1. The van der Waals surface area contributed by atoms with Crippen molar-refractivity contribution in [2.75, 3.05) is 5.73 Å². The second-order valence-electron chi connectivity index (χ2n) is 6.15. The van der Waals surface area contributed by atoms with E-state index >= 15 is 0 Å². The first kappa shape index (κ1) is 18.0. The number of nitrogens with two attached hydrogens (primary N) is 1. The predicted octanol–water partition coefficient (Wildman–Crippen LogP) is 5.61. The maximum atomic E-state index is 10.1. The van der Waals surface area contributed by atoms with Crippen molar-refractivity contribution in [3.8, 4) is 0 Å². The number of anilines is 1. The van der Waals surface area contributed by atoms with Crippen molar-refractivity contribution in [3.63, 3.8) is 0 Å². The van der Waals surface area contributed by atoms with Crippen LogP contribution in [-0.2, 0) is 0 Å². The lowest BCUT2D eigenvalue weighted by Crippen LogP contribution is -1.97. The Morgan fingerprint density at radius 2 is 1.29 bits per heavy atom. The zero-order chi connectivity index (χ0) is 15.3. The summed E-state index contributed by atoms with van der Waals surface area (Å²) in [6.07, 6.45) is 13.8. The van der Waals surface area contributed by atoms with E-state index in [-0.39, 0.29) is 6.10 Å². The highest BCUT2D eigenvalue weighted by atomic mass is 16.3. The summed E-state index contributed by atoms with van der Waals surface area (Å²) in [5, 5.41) is 10.1. The molecule has 1 rings (SSSR count). The number of aliphatic hydroxyl groups excluding tert-OH is 1. The van der Waals surface area contributed by atoms with Crippen LogP contribution in [0.2, 0.25) is 0 Å². The molecule has 0 amide bonds. The number of rotatable bonds is 12. The van der Waals surface area contributed by atoms with Crippen LogP contribution in [0.5, 0.6) is 0 Å². The fraction of sp³-hybridized carbons (Fsp3) is 0.684. The van der Waals surface area contributed by atoms with Crippen LogP contribution in [0.15, 0.2) is 24.3 Å². The van der Waals surface area contributed by atoms with Crippen LogP contribution in [0.25, 0.3) is 0 Å². The van der Waals surface area contributed by atoms with E-state index in [0.29, 0.717) is 0 Å². The molecule has 0 heterocycles. The summed E-state index contributed by atoms with van der Waals surface area (Å²) < 4.78 is 0. The normalized spacial score (nSPS) is 12.5. The van der Waals surface area contributed by atoms with Gasteiger partial charge < -0.3 is 10.8 Å². The van der Waals surface area contributed by atoms with Crippen molar-refractivity contribution in [1.82, 2.24) is 0 Å². The maximum absolute atomic E-state index is 10.1. The molecule has 2 heteroatoms. The first-order valence-electron chi connectivity index (χ1n) is 8.77. The largest absolute Gasteiger partial charge is 0.399 e. The van der Waals surface area contributed by atoms with Crippen molar-refractivity contribution in [2.24, 2.45) is 0 Å². The van der Waals surface area contributed by atoms with Gasteiger partial charge in [0.15, 0.2) is 0 Å². The van der Waals surface area contributed by atoms with E-state index in [1.807, 2.05) is 24.3 Å². The Morgan fingerprint density at radius 1 is 0.810 bits per heavy atom. The molecule has 0 aliphatic carbocycles. The SMILES string of the molecule is CCCCCCCCCCCCC(O)c1ccc(N)cc1. The van der Waals surface area contributed by atoms with Gasteiger partial charge in [0.1, 0.15) is 0 Å². The Bertz CT molecular complexity index is 347. The minimum atomic E-state index is -0.334. The number of hydrogen-bond acceptors (Lipinski definition) is 2. The summed E-state index contributed by atoms with van der Waals surface area (Å²) in [4.78, 5) is 0.